The second-order valence-electron chi connectivity index (χ2n) is 3.98. The monoisotopic (exact) mass is 278 g/mol. The Bertz CT molecular complexity index is 789. The zero-order valence-electron chi connectivity index (χ0n) is 11.3. The topological polar surface area (TPSA) is 55.0 Å². The molecule has 0 unspecified atom stereocenters. The van der Waals surface area contributed by atoms with E-state index < -0.39 is 0 Å². The normalized spacial score (nSPS) is 8.90. The highest BCUT2D eigenvalue weighted by Crippen LogP contribution is 2.08. The fourth-order valence-electron chi connectivity index (χ4n) is 1.52. The van der Waals surface area contributed by atoms with Crippen molar-refractivity contribution in [1.29, 1.82) is 5.26 Å². The summed E-state index contributed by atoms with van der Waals surface area (Å²) in [5.41, 5.74) is 0.525. The maximum atomic E-state index is 8.95. The molecule has 21 heavy (non-hydrogen) atoms. The van der Waals surface area contributed by atoms with Gasteiger partial charge in [0.1, 0.15) is 0 Å². The average molecular weight is 278 g/mol. The number of rotatable bonds is 0. The summed E-state index contributed by atoms with van der Waals surface area (Å²) in [6, 6.07) is 24.1. The van der Waals surface area contributed by atoms with Gasteiger partial charge in [0.15, 0.2) is 5.58 Å². The van der Waals surface area contributed by atoms with Crippen LogP contribution in [-0.2, 0) is 0 Å². The number of hydrogen-bond donors (Lipinski definition) is 0. The molecule has 0 aliphatic rings. The van der Waals surface area contributed by atoms with E-state index in [9.17, 15) is 0 Å². The minimum atomic E-state index is 0.525. The Labute approximate surface area is 122 Å². The predicted molar refractivity (Wildman–Crippen MR) is 80.4 cm³/mol. The molecule has 2 rings (SSSR count). The lowest BCUT2D eigenvalue weighted by Gasteiger charge is -1.89. The third kappa shape index (κ3) is 4.77. The van der Waals surface area contributed by atoms with Crippen LogP contribution in [0, 0.1) is 11.5 Å². The molecule has 0 radical (unpaired) electrons. The molecule has 0 atom stereocenters. The van der Waals surface area contributed by atoms with Crippen molar-refractivity contribution < 1.29 is 9.26 Å². The van der Waals surface area contributed by atoms with Gasteiger partial charge in [-0.05, 0) is 12.1 Å². The van der Waals surface area contributed by atoms with E-state index in [0.717, 1.165) is 10.1 Å². The van der Waals surface area contributed by atoms with Crippen LogP contribution in [0.25, 0.3) is 11.0 Å². The minimum absolute atomic E-state index is 0.525. The molecule has 0 aliphatic carbocycles. The van der Waals surface area contributed by atoms with Gasteiger partial charge in [-0.2, -0.15) is 9.94 Å². The molecule has 4 nitrogen and oxygen atoms in total. The minimum Gasteiger partial charge on any atom is -0.268 e. The van der Waals surface area contributed by atoms with Crippen molar-refractivity contribution >= 4 is 11.0 Å². The molecule has 0 N–H and O–H groups in total. The van der Waals surface area contributed by atoms with Gasteiger partial charge in [0.2, 0.25) is 6.19 Å². The highest BCUT2D eigenvalue weighted by Gasteiger charge is 1.88. The second kappa shape index (κ2) is 8.08. The van der Waals surface area contributed by atoms with Crippen LogP contribution in [0.5, 0.6) is 0 Å². The van der Waals surface area contributed by atoms with Crippen molar-refractivity contribution in [2.75, 3.05) is 0 Å². The summed E-state index contributed by atoms with van der Waals surface area (Å²) < 4.78 is 11.1. The zero-order valence-corrected chi connectivity index (χ0v) is 11.3. The van der Waals surface area contributed by atoms with Crippen LogP contribution in [0.2, 0.25) is 0 Å². The fraction of sp³-hybridized carbons (Fsp3) is 0. The number of aromatic nitrogens is 1. The molecule has 4 heteroatoms. The lowest BCUT2D eigenvalue weighted by molar-refractivity contribution is -0.0182. The van der Waals surface area contributed by atoms with Gasteiger partial charge in [-0.25, -0.2) is 0 Å². The smallest absolute Gasteiger partial charge is 0.223 e. The quantitative estimate of drug-likeness (QED) is 0.665. The van der Waals surface area contributed by atoms with Crippen LogP contribution in [0.3, 0.4) is 0 Å². The van der Waals surface area contributed by atoms with Crippen LogP contribution in [-0.4, -0.2) is 4.74 Å². The SMILES string of the molecule is N#Cn1ccccccccccc2ccccc2oo1. The van der Waals surface area contributed by atoms with Gasteiger partial charge in [0, 0.05) is 5.39 Å². The lowest BCUT2D eigenvalue weighted by Crippen LogP contribution is -1.82. The van der Waals surface area contributed by atoms with E-state index in [0.29, 0.717) is 5.58 Å². The van der Waals surface area contributed by atoms with Crippen LogP contribution in [0.1, 0.15) is 0 Å². The molecular weight excluding hydrogens is 264 g/mol. The average Bonchev–Trinajstić information content (AvgIpc) is 2.53. The Morgan fingerprint density at radius 3 is 2.05 bits per heavy atom. The second-order valence-corrected chi connectivity index (χ2v) is 3.98. The first kappa shape index (κ1) is 14.2. The van der Waals surface area contributed by atoms with E-state index in [1.54, 1.807) is 18.2 Å². The summed E-state index contributed by atoms with van der Waals surface area (Å²) in [7, 11) is 0. The summed E-state index contributed by atoms with van der Waals surface area (Å²) in [6.07, 6.45) is 3.30. The molecule has 104 valence electrons. The van der Waals surface area contributed by atoms with Crippen LogP contribution >= 0.6 is 0 Å². The number of benzene rings is 1. The predicted octanol–water partition coefficient (Wildman–Crippen LogP) is 4.53. The largest absolute Gasteiger partial charge is 0.268 e. The summed E-state index contributed by atoms with van der Waals surface area (Å²) in [5.74, 6) is 0. The highest BCUT2D eigenvalue weighted by molar-refractivity contribution is 5.74. The molecule has 0 amide bonds. The van der Waals surface area contributed by atoms with Gasteiger partial charge < -0.3 is 0 Å². The molecule has 0 saturated heterocycles. The first-order valence-corrected chi connectivity index (χ1v) is 6.37. The fourth-order valence-corrected chi connectivity index (χ4v) is 1.52. The zero-order chi connectivity index (χ0) is 14.8. The van der Waals surface area contributed by atoms with Crippen molar-refractivity contribution in [1.82, 2.24) is 4.74 Å². The Morgan fingerprint density at radius 1 is 0.762 bits per heavy atom. The third-order valence-electron chi connectivity index (χ3n) is 2.50. The van der Waals surface area contributed by atoms with E-state index in [2.05, 4.69) is 0 Å². The van der Waals surface area contributed by atoms with Gasteiger partial charge in [-0.1, -0.05) is 71.5 Å². The maximum Gasteiger partial charge on any atom is 0.223 e. The van der Waals surface area contributed by atoms with E-state index in [4.69, 9.17) is 14.5 Å². The Kier molecular flexibility index (Phi) is 5.47. The van der Waals surface area contributed by atoms with E-state index in [1.165, 1.54) is 6.20 Å². The molecule has 1 heterocycles. The highest BCUT2D eigenvalue weighted by atomic mass is 17.0. The maximum absolute atomic E-state index is 8.95. The molecule has 1 aromatic carbocycles. The van der Waals surface area contributed by atoms with Crippen molar-refractivity contribution in [2.45, 2.75) is 0 Å². The van der Waals surface area contributed by atoms with Crippen LogP contribution in [0.4, 0.5) is 0 Å². The van der Waals surface area contributed by atoms with Gasteiger partial charge in [-0.15, -0.1) is 0 Å². The summed E-state index contributed by atoms with van der Waals surface area (Å²) in [5, 5.41) is 9.80. The number of para-hydroxylation sites is 1. The Morgan fingerprint density at radius 2 is 1.33 bits per heavy atom. The van der Waals surface area contributed by atoms with E-state index in [1.807, 2.05) is 66.9 Å². The van der Waals surface area contributed by atoms with E-state index in [-0.39, 0.29) is 0 Å². The van der Waals surface area contributed by atoms with Crippen molar-refractivity contribution in [3.63, 3.8) is 0 Å². The van der Waals surface area contributed by atoms with Gasteiger partial charge in [0.25, 0.3) is 0 Å². The molecule has 0 fully saturated rings. The van der Waals surface area contributed by atoms with Crippen LogP contribution < -0.4 is 0 Å². The molecule has 0 bridgehead atoms. The first-order valence-electron chi connectivity index (χ1n) is 6.37. The Hall–Kier alpha value is -3.19. The molecular formula is C17H14N2O2. The van der Waals surface area contributed by atoms with Gasteiger partial charge >= 0.3 is 0 Å². The molecule has 2 aromatic rings. The van der Waals surface area contributed by atoms with Crippen molar-refractivity contribution in [3.05, 3.63) is 85.1 Å². The Balaban J connectivity index is 2.72. The van der Waals surface area contributed by atoms with Gasteiger partial charge in [-0.3, -0.25) is 4.58 Å². The standard InChI is InChI=1S/C17H14N2O2/c18-15-19-14-10-6-4-2-1-3-5-7-11-16-12-8-9-13-17(16)20-21-19/h1-14H. The number of hydrogen-bond acceptors (Lipinski definition) is 3. The van der Waals surface area contributed by atoms with Gasteiger partial charge in [0.05, 0.1) is 6.20 Å². The first-order chi connectivity index (χ1) is 10.4. The summed E-state index contributed by atoms with van der Waals surface area (Å²) in [6.45, 7) is 0. The third-order valence-corrected chi connectivity index (χ3v) is 2.50. The number of nitrogens with zero attached hydrogens (tertiary/aromatic N) is 2. The molecule has 0 spiro atoms. The molecule has 1 aromatic heterocycles. The summed E-state index contributed by atoms with van der Waals surface area (Å²) in [4.78, 5) is 0. The number of fused-ring (bicyclic) bond motifs is 1. The van der Waals surface area contributed by atoms with Crippen LogP contribution in [0.15, 0.2) is 94.3 Å². The van der Waals surface area contributed by atoms with Crippen molar-refractivity contribution in [2.24, 2.45) is 0 Å². The molecule has 0 saturated carbocycles. The van der Waals surface area contributed by atoms with E-state index >= 15 is 0 Å². The molecule has 0 aliphatic heterocycles. The lowest BCUT2D eigenvalue weighted by atomic mass is 10.2. The number of nitriles is 1. The summed E-state index contributed by atoms with van der Waals surface area (Å²) >= 11 is 0. The van der Waals surface area contributed by atoms with Crippen molar-refractivity contribution in [3.8, 4) is 6.19 Å².